The number of alkyl halides is 3. The first-order chi connectivity index (χ1) is 9.95. The van der Waals surface area contributed by atoms with Gasteiger partial charge in [-0.25, -0.2) is 0 Å². The van der Waals surface area contributed by atoms with E-state index in [0.717, 1.165) is 28.8 Å². The molecule has 1 aliphatic heterocycles. The van der Waals surface area contributed by atoms with Gasteiger partial charge in [0, 0.05) is 18.7 Å². The lowest BCUT2D eigenvalue weighted by Gasteiger charge is -2.18. The van der Waals surface area contributed by atoms with Crippen LogP contribution in [0.3, 0.4) is 0 Å². The summed E-state index contributed by atoms with van der Waals surface area (Å²) in [6.45, 7) is 1.06. The second kappa shape index (κ2) is 4.91. The minimum absolute atomic E-state index is 0.422. The van der Waals surface area contributed by atoms with Gasteiger partial charge in [0.15, 0.2) is 0 Å². The molecule has 0 radical (unpaired) electrons. The molecule has 0 bridgehead atoms. The molecule has 1 heterocycles. The smallest absolute Gasteiger partial charge is 0.348 e. The van der Waals surface area contributed by atoms with Gasteiger partial charge < -0.3 is 4.90 Å². The van der Waals surface area contributed by atoms with Crippen molar-refractivity contribution >= 4 is 5.84 Å². The summed E-state index contributed by atoms with van der Waals surface area (Å²) in [5, 5.41) is 8.12. The maximum atomic E-state index is 12.5. The van der Waals surface area contributed by atoms with E-state index in [1.165, 1.54) is 12.1 Å². The van der Waals surface area contributed by atoms with Crippen LogP contribution in [0.25, 0.3) is 0 Å². The van der Waals surface area contributed by atoms with Crippen molar-refractivity contribution in [2.24, 2.45) is 0 Å². The molecule has 0 spiro atoms. The van der Waals surface area contributed by atoms with Crippen molar-refractivity contribution in [3.8, 4) is 0 Å². The number of hydrogen-bond donors (Lipinski definition) is 1. The van der Waals surface area contributed by atoms with Gasteiger partial charge in [-0.15, -0.1) is 0 Å². The summed E-state index contributed by atoms with van der Waals surface area (Å²) in [4.78, 5) is 1.85. The Hall–Kier alpha value is -2.30. The van der Waals surface area contributed by atoms with E-state index in [4.69, 9.17) is 5.41 Å². The molecule has 2 aromatic rings. The van der Waals surface area contributed by atoms with Crippen molar-refractivity contribution in [2.75, 3.05) is 0 Å². The van der Waals surface area contributed by atoms with Crippen LogP contribution in [0.5, 0.6) is 0 Å². The number of amidine groups is 1. The molecule has 1 aliphatic rings. The Balaban J connectivity index is 1.76. The third-order valence-electron chi connectivity index (χ3n) is 3.60. The van der Waals surface area contributed by atoms with E-state index >= 15 is 0 Å². The standard InChI is InChI=1S/C16H13F3N2/c17-16(18,19)13-7-5-11(6-8-13)9-21-10-12-3-1-2-4-14(12)15(21)20/h1-8,20H,9-10H2. The fourth-order valence-electron chi connectivity index (χ4n) is 2.50. The highest BCUT2D eigenvalue weighted by atomic mass is 19.4. The third-order valence-corrected chi connectivity index (χ3v) is 3.60. The lowest BCUT2D eigenvalue weighted by atomic mass is 10.1. The molecule has 1 N–H and O–H groups in total. The van der Waals surface area contributed by atoms with E-state index in [1.54, 1.807) is 0 Å². The first kappa shape index (κ1) is 13.7. The number of rotatable bonds is 2. The van der Waals surface area contributed by atoms with Gasteiger partial charge >= 0.3 is 6.18 Å². The van der Waals surface area contributed by atoms with Gasteiger partial charge in [-0.2, -0.15) is 13.2 Å². The predicted molar refractivity (Wildman–Crippen MR) is 74.0 cm³/mol. The number of fused-ring (bicyclic) bond motifs is 1. The van der Waals surface area contributed by atoms with E-state index in [0.29, 0.717) is 18.9 Å². The Morgan fingerprint density at radius 3 is 2.29 bits per heavy atom. The van der Waals surface area contributed by atoms with E-state index in [-0.39, 0.29) is 0 Å². The lowest BCUT2D eigenvalue weighted by Crippen LogP contribution is -2.23. The molecule has 2 aromatic carbocycles. The van der Waals surface area contributed by atoms with Crippen LogP contribution in [0.1, 0.15) is 22.3 Å². The van der Waals surface area contributed by atoms with Gasteiger partial charge in [0.25, 0.3) is 0 Å². The molecule has 0 atom stereocenters. The molecule has 0 unspecified atom stereocenters. The van der Waals surface area contributed by atoms with Crippen LogP contribution in [0.15, 0.2) is 48.5 Å². The predicted octanol–water partition coefficient (Wildman–Crippen LogP) is 4.05. The highest BCUT2D eigenvalue weighted by molar-refractivity contribution is 6.00. The Morgan fingerprint density at radius 1 is 1.00 bits per heavy atom. The second-order valence-corrected chi connectivity index (χ2v) is 5.06. The molecule has 0 fully saturated rings. The van der Waals surface area contributed by atoms with Crippen LogP contribution < -0.4 is 0 Å². The molecule has 0 aliphatic carbocycles. The Morgan fingerprint density at radius 2 is 1.67 bits per heavy atom. The molecular weight excluding hydrogens is 277 g/mol. The number of halogens is 3. The molecular formula is C16H13F3N2. The number of nitrogens with one attached hydrogen (secondary N) is 1. The number of hydrogen-bond acceptors (Lipinski definition) is 1. The largest absolute Gasteiger partial charge is 0.416 e. The van der Waals surface area contributed by atoms with E-state index in [9.17, 15) is 13.2 Å². The first-order valence-corrected chi connectivity index (χ1v) is 6.53. The van der Waals surface area contributed by atoms with Crippen LogP contribution in [0.2, 0.25) is 0 Å². The van der Waals surface area contributed by atoms with Crippen molar-refractivity contribution < 1.29 is 13.2 Å². The van der Waals surface area contributed by atoms with Gasteiger partial charge in [0.1, 0.15) is 5.84 Å². The molecule has 0 saturated carbocycles. The molecule has 108 valence electrons. The molecule has 0 saturated heterocycles. The molecule has 3 rings (SSSR count). The Labute approximate surface area is 120 Å². The SMILES string of the molecule is N=C1c2ccccc2CN1Cc1ccc(C(F)(F)F)cc1. The molecule has 2 nitrogen and oxygen atoms in total. The maximum absolute atomic E-state index is 12.5. The highest BCUT2D eigenvalue weighted by Gasteiger charge is 2.30. The lowest BCUT2D eigenvalue weighted by molar-refractivity contribution is -0.137. The summed E-state index contributed by atoms with van der Waals surface area (Å²) >= 11 is 0. The third kappa shape index (κ3) is 2.63. The first-order valence-electron chi connectivity index (χ1n) is 6.53. The van der Waals surface area contributed by atoms with Crippen LogP contribution in [0, 0.1) is 5.41 Å². The minimum Gasteiger partial charge on any atom is -0.348 e. The summed E-state index contributed by atoms with van der Waals surface area (Å²) in [5.41, 5.74) is 2.09. The number of benzene rings is 2. The summed E-state index contributed by atoms with van der Waals surface area (Å²) in [6.07, 6.45) is -4.31. The zero-order valence-corrected chi connectivity index (χ0v) is 11.1. The monoisotopic (exact) mass is 290 g/mol. The van der Waals surface area contributed by atoms with Crippen LogP contribution >= 0.6 is 0 Å². The van der Waals surface area contributed by atoms with Gasteiger partial charge in [0.2, 0.25) is 0 Å². The Kier molecular flexibility index (Phi) is 3.20. The molecule has 0 amide bonds. The van der Waals surface area contributed by atoms with Crippen molar-refractivity contribution in [1.29, 1.82) is 5.41 Å². The topological polar surface area (TPSA) is 27.1 Å². The zero-order valence-electron chi connectivity index (χ0n) is 11.1. The fraction of sp³-hybridized carbons (Fsp3) is 0.188. The summed E-state index contributed by atoms with van der Waals surface area (Å²) < 4.78 is 37.6. The van der Waals surface area contributed by atoms with E-state index in [2.05, 4.69) is 0 Å². The average Bonchev–Trinajstić information content (AvgIpc) is 2.76. The van der Waals surface area contributed by atoms with Crippen LogP contribution in [-0.4, -0.2) is 10.7 Å². The highest BCUT2D eigenvalue weighted by Crippen LogP contribution is 2.30. The molecule has 21 heavy (non-hydrogen) atoms. The van der Waals surface area contributed by atoms with Gasteiger partial charge in [0.05, 0.1) is 5.56 Å². The van der Waals surface area contributed by atoms with E-state index < -0.39 is 11.7 Å². The summed E-state index contributed by atoms with van der Waals surface area (Å²) in [6, 6.07) is 12.8. The number of nitrogens with zero attached hydrogens (tertiary/aromatic N) is 1. The van der Waals surface area contributed by atoms with Gasteiger partial charge in [-0.05, 0) is 23.3 Å². The Bertz CT molecular complexity index is 675. The van der Waals surface area contributed by atoms with Crippen molar-refractivity contribution in [2.45, 2.75) is 19.3 Å². The average molecular weight is 290 g/mol. The van der Waals surface area contributed by atoms with Gasteiger partial charge in [-0.3, -0.25) is 5.41 Å². The van der Waals surface area contributed by atoms with Crippen LogP contribution in [0.4, 0.5) is 13.2 Å². The van der Waals surface area contributed by atoms with Crippen LogP contribution in [-0.2, 0) is 19.3 Å². The zero-order chi connectivity index (χ0) is 15.0. The van der Waals surface area contributed by atoms with Crippen molar-refractivity contribution in [3.05, 3.63) is 70.8 Å². The maximum Gasteiger partial charge on any atom is 0.416 e. The molecule has 5 heteroatoms. The van der Waals surface area contributed by atoms with Crippen molar-refractivity contribution in [1.82, 2.24) is 4.90 Å². The second-order valence-electron chi connectivity index (χ2n) is 5.06. The summed E-state index contributed by atoms with van der Waals surface area (Å²) in [7, 11) is 0. The quantitative estimate of drug-likeness (QED) is 0.887. The summed E-state index contributed by atoms with van der Waals surface area (Å²) in [5.74, 6) is 0.422. The molecule has 0 aromatic heterocycles. The minimum atomic E-state index is -4.31. The normalized spacial score (nSPS) is 14.4. The van der Waals surface area contributed by atoms with Gasteiger partial charge in [-0.1, -0.05) is 36.4 Å². The van der Waals surface area contributed by atoms with Crippen molar-refractivity contribution in [3.63, 3.8) is 0 Å². The van der Waals surface area contributed by atoms with E-state index in [1.807, 2.05) is 29.2 Å². The fourth-order valence-corrected chi connectivity index (χ4v) is 2.50.